The van der Waals surface area contributed by atoms with E-state index < -0.39 is 0 Å². The number of hydrogen-bond acceptors (Lipinski definition) is 3. The molecule has 0 saturated carbocycles. The average molecular weight is 274 g/mol. The van der Waals surface area contributed by atoms with E-state index in [4.69, 9.17) is 4.74 Å². The van der Waals surface area contributed by atoms with Gasteiger partial charge < -0.3 is 15.0 Å². The molecule has 4 heteroatoms. The van der Waals surface area contributed by atoms with Gasteiger partial charge in [0.25, 0.3) is 5.91 Å². The summed E-state index contributed by atoms with van der Waals surface area (Å²) < 4.78 is 5.54. The van der Waals surface area contributed by atoms with E-state index in [9.17, 15) is 4.79 Å². The predicted octanol–water partition coefficient (Wildman–Crippen LogP) is 2.31. The number of carbonyl (C=O) groups is 1. The van der Waals surface area contributed by atoms with Gasteiger partial charge in [0.15, 0.2) is 6.61 Å². The number of nitrogens with zero attached hydrogens (tertiary/aromatic N) is 1. The number of amides is 1. The lowest BCUT2D eigenvalue weighted by molar-refractivity contribution is -0.130. The molecule has 0 radical (unpaired) electrons. The van der Waals surface area contributed by atoms with E-state index in [2.05, 4.69) is 11.4 Å². The molecule has 0 unspecified atom stereocenters. The monoisotopic (exact) mass is 274 g/mol. The van der Waals surface area contributed by atoms with Gasteiger partial charge in [0.05, 0.1) is 0 Å². The number of ether oxygens (including phenoxy) is 1. The van der Waals surface area contributed by atoms with Crippen LogP contribution in [0.4, 0.5) is 0 Å². The molecule has 1 aromatic carbocycles. The number of nitrogens with one attached hydrogen (secondary N) is 1. The molecule has 0 fully saturated rings. The Morgan fingerprint density at radius 2 is 2.10 bits per heavy atom. The van der Waals surface area contributed by atoms with E-state index >= 15 is 0 Å². The zero-order chi connectivity index (χ0) is 14.4. The minimum absolute atomic E-state index is 0.00236. The highest BCUT2D eigenvalue weighted by atomic mass is 16.5. The van der Waals surface area contributed by atoms with E-state index in [0.29, 0.717) is 0 Å². The Morgan fingerprint density at radius 1 is 1.35 bits per heavy atom. The van der Waals surface area contributed by atoms with Gasteiger partial charge in [0.2, 0.25) is 0 Å². The van der Waals surface area contributed by atoms with Gasteiger partial charge in [-0.15, -0.1) is 0 Å². The van der Waals surface area contributed by atoms with Gasteiger partial charge in [-0.05, 0) is 44.0 Å². The van der Waals surface area contributed by atoms with Gasteiger partial charge in [-0.2, -0.15) is 0 Å². The zero-order valence-corrected chi connectivity index (χ0v) is 12.2. The molecule has 0 atom stereocenters. The molecule has 0 saturated heterocycles. The van der Waals surface area contributed by atoms with Gasteiger partial charge in [-0.3, -0.25) is 4.79 Å². The largest absolute Gasteiger partial charge is 0.484 e. The Labute approximate surface area is 120 Å². The van der Waals surface area contributed by atoms with Crippen molar-refractivity contribution in [3.8, 4) is 5.75 Å². The topological polar surface area (TPSA) is 41.6 Å². The quantitative estimate of drug-likeness (QED) is 0.865. The lowest BCUT2D eigenvalue weighted by Gasteiger charge is -2.18. The fourth-order valence-corrected chi connectivity index (χ4v) is 2.27. The zero-order valence-electron chi connectivity index (χ0n) is 12.2. The number of hydrogen-bond donors (Lipinski definition) is 1. The molecule has 1 aromatic rings. The van der Waals surface area contributed by atoms with Gasteiger partial charge in [0.1, 0.15) is 5.75 Å². The fourth-order valence-electron chi connectivity index (χ4n) is 2.27. The summed E-state index contributed by atoms with van der Waals surface area (Å²) in [5, 5.41) is 3.09. The Bertz CT molecular complexity index is 480. The molecule has 0 spiro atoms. The maximum atomic E-state index is 12.0. The van der Waals surface area contributed by atoms with Crippen LogP contribution in [0, 0.1) is 0 Å². The molecule has 108 valence electrons. The molecule has 1 amide bonds. The summed E-state index contributed by atoms with van der Waals surface area (Å²) in [7, 11) is 3.73. The summed E-state index contributed by atoms with van der Waals surface area (Å²) >= 11 is 0. The highest BCUT2D eigenvalue weighted by Crippen LogP contribution is 2.20. The van der Waals surface area contributed by atoms with Crippen LogP contribution in [0.15, 0.2) is 36.0 Å². The lowest BCUT2D eigenvalue weighted by Crippen LogP contribution is -2.30. The van der Waals surface area contributed by atoms with Crippen molar-refractivity contribution in [3.63, 3.8) is 0 Å². The maximum Gasteiger partial charge on any atom is 0.264 e. The molecular weight excluding hydrogens is 252 g/mol. The predicted molar refractivity (Wildman–Crippen MR) is 79.4 cm³/mol. The maximum absolute atomic E-state index is 12.0. The van der Waals surface area contributed by atoms with Crippen molar-refractivity contribution >= 4 is 5.91 Å². The average Bonchev–Trinajstić information content (AvgIpc) is 3.00. The third-order valence-electron chi connectivity index (χ3n) is 3.49. The van der Waals surface area contributed by atoms with Crippen LogP contribution in [0.25, 0.3) is 0 Å². The summed E-state index contributed by atoms with van der Waals surface area (Å²) in [6.07, 6.45) is 5.33. The van der Waals surface area contributed by atoms with Gasteiger partial charge in [-0.1, -0.05) is 18.2 Å². The van der Waals surface area contributed by atoms with Gasteiger partial charge in [0, 0.05) is 19.3 Å². The van der Waals surface area contributed by atoms with E-state index in [1.807, 2.05) is 38.4 Å². The molecule has 1 N–H and O–H groups in total. The summed E-state index contributed by atoms with van der Waals surface area (Å²) in [4.78, 5) is 13.7. The van der Waals surface area contributed by atoms with Crippen LogP contribution in [0.2, 0.25) is 0 Å². The van der Waals surface area contributed by atoms with Crippen LogP contribution >= 0.6 is 0 Å². The van der Waals surface area contributed by atoms with Crippen molar-refractivity contribution in [2.24, 2.45) is 0 Å². The summed E-state index contributed by atoms with van der Waals surface area (Å²) in [5.41, 5.74) is 2.31. The van der Waals surface area contributed by atoms with Crippen molar-refractivity contribution in [3.05, 3.63) is 41.6 Å². The SMILES string of the molecule is CNCc1ccc(OCC(=O)N(C)C2=CCCC2)cc1. The minimum Gasteiger partial charge on any atom is -0.484 e. The Kier molecular flexibility index (Phi) is 5.18. The van der Waals surface area contributed by atoms with E-state index in [1.165, 1.54) is 5.56 Å². The van der Waals surface area contributed by atoms with Crippen LogP contribution in [0.3, 0.4) is 0 Å². The second-order valence-electron chi connectivity index (χ2n) is 5.00. The smallest absolute Gasteiger partial charge is 0.264 e. The minimum atomic E-state index is -0.00236. The summed E-state index contributed by atoms with van der Waals surface area (Å²) in [6, 6.07) is 7.79. The van der Waals surface area contributed by atoms with Gasteiger partial charge in [-0.25, -0.2) is 0 Å². The molecule has 20 heavy (non-hydrogen) atoms. The first kappa shape index (κ1) is 14.6. The Morgan fingerprint density at radius 3 is 2.70 bits per heavy atom. The fraction of sp³-hybridized carbons (Fsp3) is 0.438. The molecule has 0 heterocycles. The highest BCUT2D eigenvalue weighted by Gasteiger charge is 2.16. The molecule has 2 rings (SSSR count). The second-order valence-corrected chi connectivity index (χ2v) is 5.00. The van der Waals surface area contributed by atoms with Crippen LogP contribution in [0.1, 0.15) is 24.8 Å². The first-order valence-corrected chi connectivity index (χ1v) is 7.02. The molecule has 1 aliphatic rings. The number of carbonyl (C=O) groups excluding carboxylic acids is 1. The second kappa shape index (κ2) is 7.10. The van der Waals surface area contributed by atoms with Crippen molar-refractivity contribution in [1.82, 2.24) is 10.2 Å². The molecule has 0 aromatic heterocycles. The molecule has 1 aliphatic carbocycles. The van der Waals surface area contributed by atoms with Crippen molar-refractivity contribution < 1.29 is 9.53 Å². The van der Waals surface area contributed by atoms with Crippen LogP contribution in [-0.2, 0) is 11.3 Å². The number of rotatable bonds is 6. The van der Waals surface area contributed by atoms with Crippen LogP contribution in [0.5, 0.6) is 5.75 Å². The van der Waals surface area contributed by atoms with Crippen molar-refractivity contribution in [2.75, 3.05) is 20.7 Å². The van der Waals surface area contributed by atoms with Gasteiger partial charge >= 0.3 is 0 Å². The molecule has 0 aliphatic heterocycles. The van der Waals surface area contributed by atoms with Crippen molar-refractivity contribution in [2.45, 2.75) is 25.8 Å². The number of likely N-dealkylation sites (N-methyl/N-ethyl adjacent to an activating group) is 1. The third-order valence-corrected chi connectivity index (χ3v) is 3.49. The molecular formula is C16H22N2O2. The highest BCUT2D eigenvalue weighted by molar-refractivity contribution is 5.79. The summed E-state index contributed by atoms with van der Waals surface area (Å²) in [5.74, 6) is 0.726. The third kappa shape index (κ3) is 3.84. The van der Waals surface area contributed by atoms with E-state index in [0.717, 1.165) is 37.3 Å². The van der Waals surface area contributed by atoms with E-state index in [1.54, 1.807) is 4.90 Å². The first-order chi connectivity index (χ1) is 9.70. The van der Waals surface area contributed by atoms with Crippen LogP contribution < -0.4 is 10.1 Å². The van der Waals surface area contributed by atoms with Crippen molar-refractivity contribution in [1.29, 1.82) is 0 Å². The Balaban J connectivity index is 1.83. The first-order valence-electron chi connectivity index (χ1n) is 7.02. The molecule has 4 nitrogen and oxygen atoms in total. The normalized spacial score (nSPS) is 14.0. The number of allylic oxidation sites excluding steroid dienone is 2. The molecule has 0 bridgehead atoms. The number of benzene rings is 1. The summed E-state index contributed by atoms with van der Waals surface area (Å²) in [6.45, 7) is 0.912. The van der Waals surface area contributed by atoms with E-state index in [-0.39, 0.29) is 12.5 Å². The van der Waals surface area contributed by atoms with Crippen LogP contribution in [-0.4, -0.2) is 31.5 Å². The Hall–Kier alpha value is -1.81. The lowest BCUT2D eigenvalue weighted by atomic mass is 10.2. The standard InChI is InChI=1S/C16H22N2O2/c1-17-11-13-7-9-15(10-8-13)20-12-16(19)18(2)14-5-3-4-6-14/h5,7-10,17H,3-4,6,11-12H2,1-2H3.